The summed E-state index contributed by atoms with van der Waals surface area (Å²) in [7, 11) is 1.43. The van der Waals surface area contributed by atoms with E-state index in [1.807, 2.05) is 38.1 Å². The number of ether oxygens (including phenoxy) is 2. The van der Waals surface area contributed by atoms with Gasteiger partial charge < -0.3 is 9.47 Å². The largest absolute Gasteiger partial charge is 0.493 e. The molecule has 1 aromatic rings. The van der Waals surface area contributed by atoms with Crippen LogP contribution in [-0.4, -0.2) is 43.2 Å². The van der Waals surface area contributed by atoms with Crippen LogP contribution in [0.4, 0.5) is 0 Å². The second-order valence-electron chi connectivity index (χ2n) is 5.92. The van der Waals surface area contributed by atoms with E-state index in [9.17, 15) is 4.79 Å². The third-order valence-electron chi connectivity index (χ3n) is 4.04. The highest BCUT2D eigenvalue weighted by atomic mass is 35.5. The molecule has 0 saturated carbocycles. The van der Waals surface area contributed by atoms with Crippen LogP contribution in [0.3, 0.4) is 0 Å². The Bertz CT molecular complexity index is 504. The van der Waals surface area contributed by atoms with Gasteiger partial charge in [0.25, 0.3) is 0 Å². The summed E-state index contributed by atoms with van der Waals surface area (Å²) in [4.78, 5) is 14.0. The first-order chi connectivity index (χ1) is 9.93. The topological polar surface area (TPSA) is 38.8 Å². The Balaban J connectivity index is 1.87. The summed E-state index contributed by atoms with van der Waals surface area (Å²) >= 11 is 5.93. The van der Waals surface area contributed by atoms with Gasteiger partial charge in [-0.1, -0.05) is 17.7 Å². The Labute approximate surface area is 131 Å². The molecule has 1 fully saturated rings. The summed E-state index contributed by atoms with van der Waals surface area (Å²) in [5, 5.41) is 0.673. The maximum Gasteiger partial charge on any atom is 0.325 e. The molecule has 0 radical (unpaired) electrons. The van der Waals surface area contributed by atoms with Gasteiger partial charge in [0.05, 0.1) is 13.7 Å². The molecule has 0 aromatic heterocycles. The van der Waals surface area contributed by atoms with Gasteiger partial charge in [-0.05, 0) is 45.0 Å². The molecule has 1 aliphatic heterocycles. The summed E-state index contributed by atoms with van der Waals surface area (Å²) in [6.07, 6.45) is 1.01. The minimum atomic E-state index is -0.584. The SMILES string of the molecule is COC(=O)C(C)(C)N1CCC(COc2cccc(Cl)c2)C1. The number of hydrogen-bond donors (Lipinski definition) is 0. The van der Waals surface area contributed by atoms with Crippen molar-refractivity contribution in [2.45, 2.75) is 25.8 Å². The number of carbonyl (C=O) groups excluding carboxylic acids is 1. The number of likely N-dealkylation sites (tertiary alicyclic amines) is 1. The van der Waals surface area contributed by atoms with Gasteiger partial charge in [0.2, 0.25) is 0 Å². The van der Waals surface area contributed by atoms with Crippen LogP contribution in [0.1, 0.15) is 20.3 Å². The molecule has 0 aliphatic carbocycles. The molecule has 1 aliphatic rings. The lowest BCUT2D eigenvalue weighted by Gasteiger charge is -2.32. The third-order valence-corrected chi connectivity index (χ3v) is 4.28. The fourth-order valence-corrected chi connectivity index (χ4v) is 2.81. The van der Waals surface area contributed by atoms with Gasteiger partial charge in [-0.3, -0.25) is 9.69 Å². The van der Waals surface area contributed by atoms with E-state index < -0.39 is 5.54 Å². The summed E-state index contributed by atoms with van der Waals surface area (Å²) < 4.78 is 10.7. The number of nitrogens with zero attached hydrogens (tertiary/aromatic N) is 1. The first-order valence-electron chi connectivity index (χ1n) is 7.15. The zero-order chi connectivity index (χ0) is 15.5. The highest BCUT2D eigenvalue weighted by Gasteiger charge is 2.39. The van der Waals surface area contributed by atoms with Crippen LogP contribution in [0.15, 0.2) is 24.3 Å². The lowest BCUT2D eigenvalue weighted by Crippen LogP contribution is -2.49. The molecule has 1 aromatic carbocycles. The van der Waals surface area contributed by atoms with E-state index in [0.717, 1.165) is 25.3 Å². The summed E-state index contributed by atoms with van der Waals surface area (Å²) in [6.45, 7) is 6.15. The maximum atomic E-state index is 11.8. The quantitative estimate of drug-likeness (QED) is 0.784. The van der Waals surface area contributed by atoms with Crippen LogP contribution < -0.4 is 4.74 Å². The molecule has 1 unspecified atom stereocenters. The van der Waals surface area contributed by atoms with Gasteiger partial charge in [0.15, 0.2) is 0 Å². The molecule has 4 nitrogen and oxygen atoms in total. The number of esters is 1. The van der Waals surface area contributed by atoms with Crippen molar-refractivity contribution in [3.63, 3.8) is 0 Å². The molecule has 1 saturated heterocycles. The Morgan fingerprint density at radius 3 is 2.90 bits per heavy atom. The predicted molar refractivity (Wildman–Crippen MR) is 82.7 cm³/mol. The first kappa shape index (κ1) is 16.1. The van der Waals surface area contributed by atoms with E-state index in [4.69, 9.17) is 21.1 Å². The average Bonchev–Trinajstić information content (AvgIpc) is 2.94. The minimum Gasteiger partial charge on any atom is -0.493 e. The Morgan fingerprint density at radius 2 is 2.24 bits per heavy atom. The standard InChI is InChI=1S/C16H22ClNO3/c1-16(2,15(19)20-3)18-8-7-12(10-18)11-21-14-6-4-5-13(17)9-14/h4-6,9,12H,7-8,10-11H2,1-3H3. The zero-order valence-corrected chi connectivity index (χ0v) is 13.5. The van der Waals surface area contributed by atoms with Gasteiger partial charge in [-0.2, -0.15) is 0 Å². The molecule has 2 rings (SSSR count). The van der Waals surface area contributed by atoms with Crippen molar-refractivity contribution in [3.8, 4) is 5.75 Å². The van der Waals surface area contributed by atoms with Crippen LogP contribution in [0.25, 0.3) is 0 Å². The van der Waals surface area contributed by atoms with Crippen molar-refractivity contribution in [2.75, 3.05) is 26.8 Å². The van der Waals surface area contributed by atoms with Gasteiger partial charge in [0, 0.05) is 17.5 Å². The normalized spacial score (nSPS) is 19.5. The number of hydrogen-bond acceptors (Lipinski definition) is 4. The number of halogens is 1. The van der Waals surface area contributed by atoms with Crippen molar-refractivity contribution in [1.82, 2.24) is 4.90 Å². The molecule has 5 heteroatoms. The highest BCUT2D eigenvalue weighted by molar-refractivity contribution is 6.30. The number of rotatable bonds is 5. The van der Waals surface area contributed by atoms with Crippen molar-refractivity contribution >= 4 is 17.6 Å². The average molecular weight is 312 g/mol. The van der Waals surface area contributed by atoms with Crippen LogP contribution in [-0.2, 0) is 9.53 Å². The predicted octanol–water partition coefficient (Wildman–Crippen LogP) is 2.99. The Hall–Kier alpha value is -1.26. The number of benzene rings is 1. The van der Waals surface area contributed by atoms with Crippen LogP contribution >= 0.6 is 11.6 Å². The van der Waals surface area contributed by atoms with E-state index in [0.29, 0.717) is 17.5 Å². The molecule has 1 heterocycles. The van der Waals surface area contributed by atoms with Crippen LogP contribution in [0, 0.1) is 5.92 Å². The maximum absolute atomic E-state index is 11.8. The lowest BCUT2D eigenvalue weighted by atomic mass is 10.0. The smallest absolute Gasteiger partial charge is 0.325 e. The van der Waals surface area contributed by atoms with E-state index in [1.54, 1.807) is 0 Å². The second-order valence-corrected chi connectivity index (χ2v) is 6.36. The number of methoxy groups -OCH3 is 1. The molecular weight excluding hydrogens is 290 g/mol. The molecule has 0 N–H and O–H groups in total. The van der Waals surface area contributed by atoms with E-state index in [2.05, 4.69) is 4.90 Å². The highest BCUT2D eigenvalue weighted by Crippen LogP contribution is 2.27. The number of carbonyl (C=O) groups is 1. The van der Waals surface area contributed by atoms with E-state index in [-0.39, 0.29) is 5.97 Å². The fraction of sp³-hybridized carbons (Fsp3) is 0.562. The molecule has 1 atom stereocenters. The van der Waals surface area contributed by atoms with Gasteiger partial charge in [0.1, 0.15) is 11.3 Å². The monoisotopic (exact) mass is 311 g/mol. The molecule has 0 amide bonds. The molecular formula is C16H22ClNO3. The fourth-order valence-electron chi connectivity index (χ4n) is 2.63. The first-order valence-corrected chi connectivity index (χ1v) is 7.53. The summed E-state index contributed by atoms with van der Waals surface area (Å²) in [5.74, 6) is 1.00. The van der Waals surface area contributed by atoms with Crippen LogP contribution in [0.2, 0.25) is 5.02 Å². The lowest BCUT2D eigenvalue weighted by molar-refractivity contribution is -0.152. The van der Waals surface area contributed by atoms with Crippen molar-refractivity contribution in [1.29, 1.82) is 0 Å². The third kappa shape index (κ3) is 3.89. The van der Waals surface area contributed by atoms with Gasteiger partial charge in [-0.25, -0.2) is 0 Å². The Kier molecular flexibility index (Phi) is 5.12. The van der Waals surface area contributed by atoms with Crippen molar-refractivity contribution < 1.29 is 14.3 Å². The molecule has 0 spiro atoms. The molecule has 0 bridgehead atoms. The van der Waals surface area contributed by atoms with Crippen LogP contribution in [0.5, 0.6) is 5.75 Å². The zero-order valence-electron chi connectivity index (χ0n) is 12.8. The van der Waals surface area contributed by atoms with Crippen molar-refractivity contribution in [3.05, 3.63) is 29.3 Å². The summed E-state index contributed by atoms with van der Waals surface area (Å²) in [6, 6.07) is 7.41. The van der Waals surface area contributed by atoms with E-state index >= 15 is 0 Å². The van der Waals surface area contributed by atoms with E-state index in [1.165, 1.54) is 7.11 Å². The molecule has 116 valence electrons. The second kappa shape index (κ2) is 6.67. The van der Waals surface area contributed by atoms with Crippen molar-refractivity contribution in [2.24, 2.45) is 5.92 Å². The Morgan fingerprint density at radius 1 is 1.48 bits per heavy atom. The summed E-state index contributed by atoms with van der Waals surface area (Å²) in [5.41, 5.74) is -0.584. The molecule has 21 heavy (non-hydrogen) atoms. The minimum absolute atomic E-state index is 0.195. The van der Waals surface area contributed by atoms with Gasteiger partial charge >= 0.3 is 5.97 Å². The van der Waals surface area contributed by atoms with Gasteiger partial charge in [-0.15, -0.1) is 0 Å².